The van der Waals surface area contributed by atoms with Crippen molar-refractivity contribution in [1.82, 2.24) is 0 Å². The molecular formula is C12H18O2. The zero-order valence-corrected chi connectivity index (χ0v) is 9.03. The van der Waals surface area contributed by atoms with Gasteiger partial charge in [0.15, 0.2) is 0 Å². The molecule has 0 bridgehead atoms. The smallest absolute Gasteiger partial charge is 0.119 e. The molecule has 0 aliphatic heterocycles. The second-order valence-corrected chi connectivity index (χ2v) is 3.86. The van der Waals surface area contributed by atoms with Crippen LogP contribution in [0.15, 0.2) is 24.3 Å². The van der Waals surface area contributed by atoms with E-state index in [4.69, 9.17) is 4.74 Å². The van der Waals surface area contributed by atoms with E-state index >= 15 is 0 Å². The Labute approximate surface area is 85.5 Å². The molecule has 1 rings (SSSR count). The summed E-state index contributed by atoms with van der Waals surface area (Å²) in [6.45, 7) is 5.80. The number of aliphatic hydroxyl groups is 1. The maximum Gasteiger partial charge on any atom is 0.119 e. The standard InChI is InChI=1S/C12H18O2/c1-9(2)14-12-6-4-11(5-7-12)8-10(3)13/h4-7,9-10,13H,8H2,1-3H3/t10-/m0/s1. The summed E-state index contributed by atoms with van der Waals surface area (Å²) >= 11 is 0. The Balaban J connectivity index is 2.59. The summed E-state index contributed by atoms with van der Waals surface area (Å²) in [5, 5.41) is 9.19. The molecule has 0 aliphatic rings. The second-order valence-electron chi connectivity index (χ2n) is 3.86. The number of hydrogen-bond donors (Lipinski definition) is 1. The molecule has 0 aromatic heterocycles. The van der Waals surface area contributed by atoms with Crippen molar-refractivity contribution < 1.29 is 9.84 Å². The topological polar surface area (TPSA) is 29.5 Å². The Bertz CT molecular complexity index is 233. The van der Waals surface area contributed by atoms with Crippen LogP contribution >= 0.6 is 0 Å². The quantitative estimate of drug-likeness (QED) is 0.797. The molecule has 2 nitrogen and oxygen atoms in total. The second kappa shape index (κ2) is 5.01. The molecule has 14 heavy (non-hydrogen) atoms. The third-order valence-electron chi connectivity index (χ3n) is 1.83. The Morgan fingerprint density at radius 3 is 2.14 bits per heavy atom. The van der Waals surface area contributed by atoms with Crippen LogP contribution in [0.3, 0.4) is 0 Å². The predicted molar refractivity (Wildman–Crippen MR) is 57.6 cm³/mol. The van der Waals surface area contributed by atoms with Crippen LogP contribution < -0.4 is 4.74 Å². The maximum absolute atomic E-state index is 9.19. The monoisotopic (exact) mass is 194 g/mol. The third-order valence-corrected chi connectivity index (χ3v) is 1.83. The van der Waals surface area contributed by atoms with Gasteiger partial charge in [0.2, 0.25) is 0 Å². The first-order valence-electron chi connectivity index (χ1n) is 5.01. The summed E-state index contributed by atoms with van der Waals surface area (Å²) in [6, 6.07) is 7.87. The molecule has 0 radical (unpaired) electrons. The number of ether oxygens (including phenoxy) is 1. The van der Waals surface area contributed by atoms with Gasteiger partial charge in [-0.15, -0.1) is 0 Å². The van der Waals surface area contributed by atoms with Gasteiger partial charge in [-0.25, -0.2) is 0 Å². The van der Waals surface area contributed by atoms with E-state index in [1.54, 1.807) is 6.92 Å². The van der Waals surface area contributed by atoms with Crippen molar-refractivity contribution >= 4 is 0 Å². The minimum Gasteiger partial charge on any atom is -0.491 e. The highest BCUT2D eigenvalue weighted by molar-refractivity contribution is 5.27. The highest BCUT2D eigenvalue weighted by Crippen LogP contribution is 2.14. The fraction of sp³-hybridized carbons (Fsp3) is 0.500. The van der Waals surface area contributed by atoms with E-state index in [0.29, 0.717) is 6.42 Å². The average molecular weight is 194 g/mol. The molecule has 2 heteroatoms. The number of rotatable bonds is 4. The van der Waals surface area contributed by atoms with Crippen LogP contribution in [0, 0.1) is 0 Å². The maximum atomic E-state index is 9.19. The Hall–Kier alpha value is -1.02. The van der Waals surface area contributed by atoms with Crippen LogP contribution in [0.4, 0.5) is 0 Å². The molecule has 0 aliphatic carbocycles. The van der Waals surface area contributed by atoms with E-state index in [0.717, 1.165) is 11.3 Å². The predicted octanol–water partition coefficient (Wildman–Crippen LogP) is 2.40. The molecule has 0 amide bonds. The van der Waals surface area contributed by atoms with Gasteiger partial charge in [0.1, 0.15) is 5.75 Å². The van der Waals surface area contributed by atoms with Gasteiger partial charge < -0.3 is 9.84 Å². The van der Waals surface area contributed by atoms with E-state index in [1.807, 2.05) is 38.1 Å². The highest BCUT2D eigenvalue weighted by Gasteiger charge is 2.00. The Morgan fingerprint density at radius 2 is 1.71 bits per heavy atom. The zero-order valence-electron chi connectivity index (χ0n) is 9.03. The number of benzene rings is 1. The lowest BCUT2D eigenvalue weighted by molar-refractivity contribution is 0.195. The van der Waals surface area contributed by atoms with Crippen LogP contribution in [0.5, 0.6) is 5.75 Å². The van der Waals surface area contributed by atoms with Gasteiger partial charge in [0, 0.05) is 0 Å². The highest BCUT2D eigenvalue weighted by atomic mass is 16.5. The molecule has 0 saturated heterocycles. The molecule has 1 aromatic carbocycles. The van der Waals surface area contributed by atoms with Crippen molar-refractivity contribution in [3.63, 3.8) is 0 Å². The van der Waals surface area contributed by atoms with Gasteiger partial charge in [0.25, 0.3) is 0 Å². The fourth-order valence-electron chi connectivity index (χ4n) is 1.32. The van der Waals surface area contributed by atoms with E-state index in [9.17, 15) is 5.11 Å². The number of aliphatic hydroxyl groups excluding tert-OH is 1. The minimum atomic E-state index is -0.285. The molecule has 0 heterocycles. The first-order chi connectivity index (χ1) is 6.58. The molecule has 1 N–H and O–H groups in total. The van der Waals surface area contributed by atoms with Crippen LogP contribution in [0.25, 0.3) is 0 Å². The summed E-state index contributed by atoms with van der Waals surface area (Å²) in [6.07, 6.45) is 0.617. The lowest BCUT2D eigenvalue weighted by Gasteiger charge is -2.10. The fourth-order valence-corrected chi connectivity index (χ4v) is 1.32. The van der Waals surface area contributed by atoms with Crippen LogP contribution in [0.2, 0.25) is 0 Å². The molecule has 78 valence electrons. The van der Waals surface area contributed by atoms with Gasteiger partial charge >= 0.3 is 0 Å². The van der Waals surface area contributed by atoms with Crippen molar-refractivity contribution in [1.29, 1.82) is 0 Å². The summed E-state index contributed by atoms with van der Waals surface area (Å²) in [4.78, 5) is 0. The molecule has 1 aromatic rings. The third kappa shape index (κ3) is 3.79. The van der Waals surface area contributed by atoms with Crippen molar-refractivity contribution in [3.8, 4) is 5.75 Å². The largest absolute Gasteiger partial charge is 0.491 e. The minimum absolute atomic E-state index is 0.206. The summed E-state index contributed by atoms with van der Waals surface area (Å²) in [7, 11) is 0. The lowest BCUT2D eigenvalue weighted by atomic mass is 10.1. The Morgan fingerprint density at radius 1 is 1.14 bits per heavy atom. The molecule has 0 saturated carbocycles. The Kier molecular flexibility index (Phi) is 3.96. The first-order valence-corrected chi connectivity index (χ1v) is 5.01. The van der Waals surface area contributed by atoms with E-state index in [-0.39, 0.29) is 12.2 Å². The van der Waals surface area contributed by atoms with Crippen LogP contribution in [-0.2, 0) is 6.42 Å². The van der Waals surface area contributed by atoms with E-state index < -0.39 is 0 Å². The van der Waals surface area contributed by atoms with Crippen molar-refractivity contribution in [2.24, 2.45) is 0 Å². The van der Waals surface area contributed by atoms with Gasteiger partial charge in [-0.05, 0) is 44.9 Å². The SMILES string of the molecule is CC(C)Oc1ccc(C[C@H](C)O)cc1. The van der Waals surface area contributed by atoms with Crippen LogP contribution in [-0.4, -0.2) is 17.3 Å². The van der Waals surface area contributed by atoms with Gasteiger partial charge in [-0.2, -0.15) is 0 Å². The lowest BCUT2D eigenvalue weighted by Crippen LogP contribution is -2.06. The summed E-state index contributed by atoms with van der Waals surface area (Å²) < 4.78 is 5.51. The van der Waals surface area contributed by atoms with Crippen molar-refractivity contribution in [2.45, 2.75) is 39.4 Å². The zero-order chi connectivity index (χ0) is 10.6. The van der Waals surface area contributed by atoms with Crippen molar-refractivity contribution in [2.75, 3.05) is 0 Å². The van der Waals surface area contributed by atoms with Gasteiger partial charge in [-0.1, -0.05) is 12.1 Å². The van der Waals surface area contributed by atoms with Crippen LogP contribution in [0.1, 0.15) is 26.3 Å². The van der Waals surface area contributed by atoms with Crippen molar-refractivity contribution in [3.05, 3.63) is 29.8 Å². The van der Waals surface area contributed by atoms with E-state index in [2.05, 4.69) is 0 Å². The van der Waals surface area contributed by atoms with Gasteiger partial charge in [-0.3, -0.25) is 0 Å². The first kappa shape index (κ1) is 11.1. The summed E-state index contributed by atoms with van der Waals surface area (Å²) in [5.41, 5.74) is 1.14. The molecule has 0 spiro atoms. The molecule has 0 unspecified atom stereocenters. The summed E-state index contributed by atoms with van der Waals surface area (Å²) in [5.74, 6) is 0.884. The normalized spacial score (nSPS) is 12.9. The molecular weight excluding hydrogens is 176 g/mol. The molecule has 1 atom stereocenters. The number of hydrogen-bond acceptors (Lipinski definition) is 2. The van der Waals surface area contributed by atoms with E-state index in [1.165, 1.54) is 0 Å². The average Bonchev–Trinajstić information content (AvgIpc) is 2.06. The molecule has 0 fully saturated rings. The van der Waals surface area contributed by atoms with Gasteiger partial charge in [0.05, 0.1) is 12.2 Å².